The molecule has 2 fully saturated rings. The number of halogens is 1. The van der Waals surface area contributed by atoms with Crippen molar-refractivity contribution >= 4 is 21.8 Å². The van der Waals surface area contributed by atoms with Crippen LogP contribution in [-0.2, 0) is 6.67 Å². The Hall–Kier alpha value is -1.63. The molecular formula is C19H26BrN5O. The van der Waals surface area contributed by atoms with Crippen molar-refractivity contribution < 1.29 is 4.79 Å². The number of nitrogens with one attached hydrogen (secondary N) is 1. The van der Waals surface area contributed by atoms with Crippen LogP contribution in [0.5, 0.6) is 0 Å². The Balaban J connectivity index is 1.39. The van der Waals surface area contributed by atoms with E-state index in [0.717, 1.165) is 27.7 Å². The molecule has 1 N–H and O–H groups in total. The topological polar surface area (TPSA) is 64.7 Å². The molecule has 7 heteroatoms. The quantitative estimate of drug-likeness (QED) is 0.805. The lowest BCUT2D eigenvalue weighted by Gasteiger charge is -2.28. The van der Waals surface area contributed by atoms with Gasteiger partial charge in [0.2, 0.25) is 0 Å². The van der Waals surface area contributed by atoms with Gasteiger partial charge in [-0.25, -0.2) is 4.68 Å². The highest BCUT2D eigenvalue weighted by molar-refractivity contribution is 9.10. The average molecular weight is 420 g/mol. The van der Waals surface area contributed by atoms with E-state index in [4.69, 9.17) is 0 Å². The van der Waals surface area contributed by atoms with Gasteiger partial charge in [0, 0.05) is 12.2 Å². The Kier molecular flexibility index (Phi) is 4.67. The number of carbonyl (C=O) groups is 1. The van der Waals surface area contributed by atoms with E-state index in [-0.39, 0.29) is 11.9 Å². The van der Waals surface area contributed by atoms with E-state index in [9.17, 15) is 4.79 Å². The first kappa shape index (κ1) is 17.8. The van der Waals surface area contributed by atoms with Crippen molar-refractivity contribution in [2.75, 3.05) is 0 Å². The summed E-state index contributed by atoms with van der Waals surface area (Å²) in [6, 6.07) is 2.00. The highest BCUT2D eigenvalue weighted by atomic mass is 79.9. The van der Waals surface area contributed by atoms with Crippen molar-refractivity contribution in [1.82, 2.24) is 24.9 Å². The average Bonchev–Trinajstić information content (AvgIpc) is 3.38. The molecular weight excluding hydrogens is 394 g/mol. The predicted octanol–water partition coefficient (Wildman–Crippen LogP) is 3.52. The van der Waals surface area contributed by atoms with Crippen LogP contribution in [0, 0.1) is 31.6 Å². The molecule has 4 rings (SSSR count). The van der Waals surface area contributed by atoms with Gasteiger partial charge < -0.3 is 5.32 Å². The summed E-state index contributed by atoms with van der Waals surface area (Å²) in [5, 5.41) is 12.1. The van der Waals surface area contributed by atoms with Crippen LogP contribution in [0.25, 0.3) is 0 Å². The maximum atomic E-state index is 12.6. The van der Waals surface area contributed by atoms with Gasteiger partial charge in [0.15, 0.2) is 0 Å². The Morgan fingerprint density at radius 1 is 1.35 bits per heavy atom. The molecule has 0 saturated heterocycles. The van der Waals surface area contributed by atoms with Gasteiger partial charge in [-0.05, 0) is 79.8 Å². The Morgan fingerprint density at radius 2 is 2.15 bits per heavy atom. The van der Waals surface area contributed by atoms with Crippen LogP contribution in [0.4, 0.5) is 0 Å². The maximum Gasteiger partial charge on any atom is 0.271 e. The molecule has 2 aliphatic carbocycles. The lowest BCUT2D eigenvalue weighted by Crippen LogP contribution is -2.40. The van der Waals surface area contributed by atoms with Gasteiger partial charge in [-0.3, -0.25) is 9.48 Å². The van der Waals surface area contributed by atoms with Crippen molar-refractivity contribution in [3.8, 4) is 0 Å². The van der Waals surface area contributed by atoms with Gasteiger partial charge in [0.1, 0.15) is 12.4 Å². The number of carbonyl (C=O) groups excluding carboxylic acids is 1. The van der Waals surface area contributed by atoms with Crippen molar-refractivity contribution in [2.24, 2.45) is 17.8 Å². The van der Waals surface area contributed by atoms with Gasteiger partial charge >= 0.3 is 0 Å². The van der Waals surface area contributed by atoms with E-state index in [1.54, 1.807) is 10.7 Å². The molecule has 2 saturated carbocycles. The van der Waals surface area contributed by atoms with Crippen LogP contribution in [-0.4, -0.2) is 31.5 Å². The van der Waals surface area contributed by atoms with Crippen LogP contribution in [0.1, 0.15) is 54.5 Å². The Labute approximate surface area is 162 Å². The third kappa shape index (κ3) is 3.21. The number of rotatable bonds is 5. The van der Waals surface area contributed by atoms with E-state index in [1.807, 2.05) is 24.7 Å². The van der Waals surface area contributed by atoms with Gasteiger partial charge in [-0.1, -0.05) is 6.42 Å². The van der Waals surface area contributed by atoms with Gasteiger partial charge in [-0.2, -0.15) is 10.2 Å². The predicted molar refractivity (Wildman–Crippen MR) is 103 cm³/mol. The summed E-state index contributed by atoms with van der Waals surface area (Å²) in [4.78, 5) is 12.6. The molecule has 2 heterocycles. The molecule has 1 amide bonds. The third-order valence-electron chi connectivity index (χ3n) is 6.24. The molecule has 4 unspecified atom stereocenters. The number of aryl methyl sites for hydroxylation is 1. The summed E-state index contributed by atoms with van der Waals surface area (Å²) in [5.41, 5.74) is 2.47. The molecule has 4 atom stereocenters. The second-order valence-electron chi connectivity index (χ2n) is 7.97. The number of fused-ring (bicyclic) bond motifs is 2. The molecule has 2 aliphatic rings. The lowest BCUT2D eigenvalue weighted by atomic mass is 9.84. The highest BCUT2D eigenvalue weighted by Gasteiger charge is 2.42. The standard InChI is InChI=1S/C19H26BrN5O/c1-11(16-9-14-4-5-15(16)8-14)21-19(26)17-6-7-24(23-17)10-25-13(3)18(20)12(2)22-25/h6-7,11,14-16H,4-5,8-10H2,1-3H3,(H,21,26). The third-order valence-corrected chi connectivity index (χ3v) is 7.39. The molecule has 2 aromatic heterocycles. The van der Waals surface area contributed by atoms with E-state index in [0.29, 0.717) is 18.3 Å². The lowest BCUT2D eigenvalue weighted by molar-refractivity contribution is 0.0909. The largest absolute Gasteiger partial charge is 0.348 e. The van der Waals surface area contributed by atoms with Crippen LogP contribution in [0.3, 0.4) is 0 Å². The first-order valence-corrected chi connectivity index (χ1v) is 10.3. The SMILES string of the molecule is Cc1nn(Cn2ccc(C(=O)NC(C)C3CC4CCC3C4)n2)c(C)c1Br. The molecule has 0 aromatic carbocycles. The molecule has 26 heavy (non-hydrogen) atoms. The zero-order chi connectivity index (χ0) is 18.4. The summed E-state index contributed by atoms with van der Waals surface area (Å²) >= 11 is 3.54. The van der Waals surface area contributed by atoms with Gasteiger partial charge in [0.25, 0.3) is 5.91 Å². The zero-order valence-corrected chi connectivity index (χ0v) is 17.2. The van der Waals surface area contributed by atoms with Crippen LogP contribution in [0.15, 0.2) is 16.7 Å². The first-order chi connectivity index (χ1) is 12.4. The first-order valence-electron chi connectivity index (χ1n) is 9.46. The fourth-order valence-corrected chi connectivity index (χ4v) is 5.09. The Morgan fingerprint density at radius 3 is 2.77 bits per heavy atom. The number of aromatic nitrogens is 4. The monoisotopic (exact) mass is 419 g/mol. The van der Waals surface area contributed by atoms with Crippen molar-refractivity contribution in [3.63, 3.8) is 0 Å². The fraction of sp³-hybridized carbons (Fsp3) is 0.632. The van der Waals surface area contributed by atoms with Crippen LogP contribution in [0.2, 0.25) is 0 Å². The summed E-state index contributed by atoms with van der Waals surface area (Å²) < 4.78 is 4.65. The zero-order valence-electron chi connectivity index (χ0n) is 15.6. The summed E-state index contributed by atoms with van der Waals surface area (Å²) in [7, 11) is 0. The second-order valence-corrected chi connectivity index (χ2v) is 8.76. The molecule has 140 valence electrons. The van der Waals surface area contributed by atoms with E-state index in [1.165, 1.54) is 25.7 Å². The molecule has 2 aromatic rings. The highest BCUT2D eigenvalue weighted by Crippen LogP contribution is 2.49. The fourth-order valence-electron chi connectivity index (χ4n) is 4.81. The van der Waals surface area contributed by atoms with Crippen LogP contribution >= 0.6 is 15.9 Å². The van der Waals surface area contributed by atoms with E-state index < -0.39 is 0 Å². The van der Waals surface area contributed by atoms with Crippen molar-refractivity contribution in [1.29, 1.82) is 0 Å². The molecule has 6 nitrogen and oxygen atoms in total. The molecule has 2 bridgehead atoms. The minimum absolute atomic E-state index is 0.0754. The normalized spacial score (nSPS) is 25.6. The van der Waals surface area contributed by atoms with Gasteiger partial charge in [0.05, 0.1) is 15.9 Å². The van der Waals surface area contributed by atoms with E-state index in [2.05, 4.69) is 38.4 Å². The number of hydrogen-bond donors (Lipinski definition) is 1. The number of nitrogens with zero attached hydrogens (tertiary/aromatic N) is 4. The molecule has 0 radical (unpaired) electrons. The van der Waals surface area contributed by atoms with Gasteiger partial charge in [-0.15, -0.1) is 0 Å². The van der Waals surface area contributed by atoms with Crippen molar-refractivity contribution in [3.05, 3.63) is 33.8 Å². The maximum absolute atomic E-state index is 12.6. The molecule has 0 aliphatic heterocycles. The Bertz CT molecular complexity index is 826. The van der Waals surface area contributed by atoms with Crippen molar-refractivity contribution in [2.45, 2.75) is 59.2 Å². The molecule has 0 spiro atoms. The minimum Gasteiger partial charge on any atom is -0.348 e. The number of hydrogen-bond acceptors (Lipinski definition) is 3. The summed E-state index contributed by atoms with van der Waals surface area (Å²) in [6.45, 7) is 6.62. The minimum atomic E-state index is -0.0754. The summed E-state index contributed by atoms with van der Waals surface area (Å²) in [5.74, 6) is 2.25. The van der Waals surface area contributed by atoms with E-state index >= 15 is 0 Å². The van der Waals surface area contributed by atoms with Crippen LogP contribution < -0.4 is 5.32 Å². The number of amides is 1. The summed E-state index contributed by atoms with van der Waals surface area (Å²) in [6.07, 6.45) is 7.18. The second kappa shape index (κ2) is 6.83. The smallest absolute Gasteiger partial charge is 0.271 e.